The van der Waals surface area contributed by atoms with Gasteiger partial charge in [-0.2, -0.15) is 13.2 Å². The number of amides is 1. The number of nitrogens with one attached hydrogen (secondary N) is 2. The van der Waals surface area contributed by atoms with E-state index >= 15 is 0 Å². The average Bonchev–Trinajstić information content (AvgIpc) is 3.42. The fourth-order valence-electron chi connectivity index (χ4n) is 3.04. The average molecular weight is 508 g/mol. The number of carbonyl (C=O) groups excluding carboxylic acids is 1. The van der Waals surface area contributed by atoms with Crippen LogP contribution >= 0.6 is 11.3 Å². The van der Waals surface area contributed by atoms with Crippen LogP contribution in [0, 0.1) is 5.82 Å². The van der Waals surface area contributed by atoms with Gasteiger partial charge in [-0.3, -0.25) is 14.3 Å². The Bertz CT molecular complexity index is 1410. The SMILES string of the molecule is CC(=O)NCc1nc(-c2ccc(C(F)(F)F)cc2)sc1COc1ccc(-c2noc(=O)[nH]2)c(F)c1. The maximum Gasteiger partial charge on any atom is 0.439 e. The van der Waals surface area contributed by atoms with Gasteiger partial charge in [0.1, 0.15) is 23.2 Å². The first kappa shape index (κ1) is 24.1. The van der Waals surface area contributed by atoms with Crippen molar-refractivity contribution in [2.75, 3.05) is 0 Å². The molecule has 0 atom stereocenters. The van der Waals surface area contributed by atoms with Crippen LogP contribution in [-0.2, 0) is 24.1 Å². The minimum Gasteiger partial charge on any atom is -0.488 e. The first-order chi connectivity index (χ1) is 16.6. The largest absolute Gasteiger partial charge is 0.488 e. The normalized spacial score (nSPS) is 11.5. The van der Waals surface area contributed by atoms with E-state index in [0.29, 0.717) is 21.1 Å². The number of thiazole rings is 1. The molecule has 2 aromatic heterocycles. The lowest BCUT2D eigenvalue weighted by molar-refractivity contribution is -0.137. The maximum absolute atomic E-state index is 14.5. The fraction of sp³-hybridized carbons (Fsp3) is 0.182. The zero-order chi connectivity index (χ0) is 25.2. The summed E-state index contributed by atoms with van der Waals surface area (Å²) < 4.78 is 63.1. The molecule has 0 aliphatic carbocycles. The van der Waals surface area contributed by atoms with E-state index in [9.17, 15) is 27.2 Å². The molecule has 0 aliphatic rings. The summed E-state index contributed by atoms with van der Waals surface area (Å²) in [6.07, 6.45) is -4.45. The van der Waals surface area contributed by atoms with Crippen LogP contribution in [0.2, 0.25) is 0 Å². The third-order valence-corrected chi connectivity index (χ3v) is 5.87. The fourth-order valence-corrected chi connectivity index (χ4v) is 4.04. The Hall–Kier alpha value is -4.00. The van der Waals surface area contributed by atoms with Gasteiger partial charge in [0, 0.05) is 18.6 Å². The Balaban J connectivity index is 1.55. The molecule has 0 aliphatic heterocycles. The third-order valence-electron chi connectivity index (χ3n) is 4.75. The van der Waals surface area contributed by atoms with E-state index in [1.807, 2.05) is 0 Å². The number of hydrogen-bond donors (Lipinski definition) is 2. The standard InChI is InChI=1S/C22H16F4N4O4S/c1-11(31)27-9-17-18(35-20(28-17)12-2-4-13(5-3-12)22(24,25)26)10-33-14-6-7-15(16(23)8-14)19-29-21(32)34-30-19/h2-8H,9-10H2,1H3,(H,27,31)(H,29,30,32). The lowest BCUT2D eigenvalue weighted by Crippen LogP contribution is -2.20. The summed E-state index contributed by atoms with van der Waals surface area (Å²) in [6, 6.07) is 8.49. The molecule has 0 radical (unpaired) electrons. The van der Waals surface area contributed by atoms with Crippen molar-refractivity contribution < 1.29 is 31.6 Å². The van der Waals surface area contributed by atoms with E-state index < -0.39 is 23.3 Å². The first-order valence-corrected chi connectivity index (χ1v) is 10.8. The number of halogens is 4. The van der Waals surface area contributed by atoms with Crippen LogP contribution in [0.1, 0.15) is 23.1 Å². The molecule has 4 aromatic rings. The molecule has 182 valence electrons. The van der Waals surface area contributed by atoms with E-state index in [-0.39, 0.29) is 36.2 Å². The summed E-state index contributed by atoms with van der Waals surface area (Å²) in [6.45, 7) is 1.39. The first-order valence-electron chi connectivity index (χ1n) is 9.99. The van der Waals surface area contributed by atoms with Gasteiger partial charge in [0.25, 0.3) is 0 Å². The molecule has 8 nitrogen and oxygen atoms in total. The van der Waals surface area contributed by atoms with Gasteiger partial charge >= 0.3 is 11.9 Å². The van der Waals surface area contributed by atoms with E-state index in [1.54, 1.807) is 0 Å². The Labute approximate surface area is 198 Å². The molecule has 4 rings (SSSR count). The van der Waals surface area contributed by atoms with Crippen molar-refractivity contribution in [1.82, 2.24) is 20.4 Å². The number of alkyl halides is 3. The highest BCUT2D eigenvalue weighted by molar-refractivity contribution is 7.15. The predicted molar refractivity (Wildman–Crippen MR) is 117 cm³/mol. The molecular formula is C22H16F4N4O4S. The van der Waals surface area contributed by atoms with Crippen LogP contribution in [0.3, 0.4) is 0 Å². The van der Waals surface area contributed by atoms with Gasteiger partial charge < -0.3 is 10.1 Å². The van der Waals surface area contributed by atoms with E-state index in [1.165, 1.54) is 42.5 Å². The van der Waals surface area contributed by atoms with Crippen molar-refractivity contribution in [2.24, 2.45) is 0 Å². The third kappa shape index (κ3) is 5.74. The highest BCUT2D eigenvalue weighted by Gasteiger charge is 2.30. The highest BCUT2D eigenvalue weighted by Crippen LogP contribution is 2.34. The Morgan fingerprint density at radius 3 is 2.54 bits per heavy atom. The summed E-state index contributed by atoms with van der Waals surface area (Å²) in [7, 11) is 0. The van der Waals surface area contributed by atoms with Gasteiger partial charge in [-0.25, -0.2) is 14.2 Å². The summed E-state index contributed by atoms with van der Waals surface area (Å²) in [5, 5.41) is 6.51. The van der Waals surface area contributed by atoms with E-state index in [2.05, 4.69) is 25.0 Å². The van der Waals surface area contributed by atoms with Crippen molar-refractivity contribution in [3.05, 3.63) is 75.0 Å². The lowest BCUT2D eigenvalue weighted by Gasteiger charge is -2.08. The van der Waals surface area contributed by atoms with Crippen LogP contribution in [0.4, 0.5) is 17.6 Å². The minimum atomic E-state index is -4.45. The van der Waals surface area contributed by atoms with E-state index in [0.717, 1.165) is 18.2 Å². The Kier molecular flexibility index (Phi) is 6.69. The summed E-state index contributed by atoms with van der Waals surface area (Å²) in [5.74, 6) is -1.71. The number of aromatic nitrogens is 3. The van der Waals surface area contributed by atoms with Crippen LogP contribution in [-0.4, -0.2) is 21.0 Å². The van der Waals surface area contributed by atoms with Gasteiger partial charge in [0.2, 0.25) is 5.91 Å². The second-order valence-corrected chi connectivity index (χ2v) is 8.33. The lowest BCUT2D eigenvalue weighted by atomic mass is 10.1. The van der Waals surface area contributed by atoms with Gasteiger partial charge in [0.05, 0.1) is 28.2 Å². The van der Waals surface area contributed by atoms with Crippen molar-refractivity contribution in [1.29, 1.82) is 0 Å². The molecule has 0 saturated carbocycles. The molecule has 1 amide bonds. The molecule has 0 spiro atoms. The number of aromatic amines is 1. The second-order valence-electron chi connectivity index (χ2n) is 7.25. The molecule has 0 fully saturated rings. The van der Waals surface area contributed by atoms with E-state index in [4.69, 9.17) is 4.74 Å². The van der Waals surface area contributed by atoms with Crippen molar-refractivity contribution >= 4 is 17.2 Å². The van der Waals surface area contributed by atoms with Gasteiger partial charge in [-0.05, 0) is 24.3 Å². The molecule has 13 heteroatoms. The molecule has 35 heavy (non-hydrogen) atoms. The topological polar surface area (TPSA) is 110 Å². The molecule has 0 bridgehead atoms. The van der Waals surface area contributed by atoms with Gasteiger partial charge in [-0.1, -0.05) is 17.3 Å². The Morgan fingerprint density at radius 1 is 1.20 bits per heavy atom. The second kappa shape index (κ2) is 9.70. The summed E-state index contributed by atoms with van der Waals surface area (Å²) >= 11 is 1.18. The Morgan fingerprint density at radius 2 is 1.94 bits per heavy atom. The molecular weight excluding hydrogens is 492 g/mol. The minimum absolute atomic E-state index is 0.0110. The van der Waals surface area contributed by atoms with Gasteiger partial charge in [-0.15, -0.1) is 11.3 Å². The van der Waals surface area contributed by atoms with Crippen molar-refractivity contribution in [3.8, 4) is 27.7 Å². The molecule has 0 unspecified atom stereocenters. The number of nitrogens with zero attached hydrogens (tertiary/aromatic N) is 2. The number of ether oxygens (including phenoxy) is 1. The molecule has 2 heterocycles. The molecule has 2 N–H and O–H groups in total. The monoisotopic (exact) mass is 508 g/mol. The number of benzene rings is 2. The van der Waals surface area contributed by atoms with Gasteiger partial charge in [0.15, 0.2) is 5.82 Å². The number of H-pyrrole nitrogens is 1. The number of rotatable bonds is 7. The van der Waals surface area contributed by atoms with Crippen molar-refractivity contribution in [3.63, 3.8) is 0 Å². The van der Waals surface area contributed by atoms with Crippen LogP contribution in [0.5, 0.6) is 5.75 Å². The summed E-state index contributed by atoms with van der Waals surface area (Å²) in [5.41, 5.74) is 0.171. The zero-order valence-electron chi connectivity index (χ0n) is 17.9. The number of hydrogen-bond acceptors (Lipinski definition) is 7. The van der Waals surface area contributed by atoms with Crippen molar-refractivity contribution in [2.45, 2.75) is 26.3 Å². The van der Waals surface area contributed by atoms with Crippen LogP contribution < -0.4 is 15.8 Å². The molecule has 2 aromatic carbocycles. The smallest absolute Gasteiger partial charge is 0.439 e. The molecule has 0 saturated heterocycles. The quantitative estimate of drug-likeness (QED) is 0.355. The summed E-state index contributed by atoms with van der Waals surface area (Å²) in [4.78, 5) is 29.7. The maximum atomic E-state index is 14.5. The predicted octanol–water partition coefficient (Wildman–Crippen LogP) is 4.53. The van der Waals surface area contributed by atoms with Crippen LogP contribution in [0.15, 0.2) is 51.8 Å². The van der Waals surface area contributed by atoms with Crippen LogP contribution in [0.25, 0.3) is 22.0 Å². The number of carbonyl (C=O) groups is 1. The zero-order valence-corrected chi connectivity index (χ0v) is 18.7. The highest BCUT2D eigenvalue weighted by atomic mass is 32.1.